The van der Waals surface area contributed by atoms with Gasteiger partial charge >= 0.3 is 6.09 Å². The SMILES string of the molecule is CCOC(=O)NOCCNc1cccc2c1C(=O)N(C1CCC(=O)NC1=O)C2=O. The van der Waals surface area contributed by atoms with E-state index < -0.39 is 35.8 Å². The van der Waals surface area contributed by atoms with E-state index in [2.05, 4.69) is 20.9 Å². The second-order valence-electron chi connectivity index (χ2n) is 6.27. The van der Waals surface area contributed by atoms with Gasteiger partial charge in [-0.05, 0) is 25.5 Å². The predicted molar refractivity (Wildman–Crippen MR) is 97.7 cm³/mol. The highest BCUT2D eigenvalue weighted by molar-refractivity contribution is 6.25. The first kappa shape index (κ1) is 20.3. The van der Waals surface area contributed by atoms with E-state index in [1.165, 1.54) is 6.07 Å². The number of carbonyl (C=O) groups is 5. The minimum atomic E-state index is -1.02. The average molecular weight is 404 g/mol. The highest BCUT2D eigenvalue weighted by Gasteiger charge is 2.45. The van der Waals surface area contributed by atoms with Crippen LogP contribution in [0.2, 0.25) is 0 Å². The van der Waals surface area contributed by atoms with Gasteiger partial charge in [-0.25, -0.2) is 4.79 Å². The number of piperidine rings is 1. The number of hydroxylamine groups is 1. The van der Waals surface area contributed by atoms with Gasteiger partial charge in [0.1, 0.15) is 6.04 Å². The van der Waals surface area contributed by atoms with Crippen LogP contribution in [0, 0.1) is 0 Å². The lowest BCUT2D eigenvalue weighted by Gasteiger charge is -2.27. The zero-order chi connectivity index (χ0) is 21.0. The third-order valence-electron chi connectivity index (χ3n) is 4.42. The maximum Gasteiger partial charge on any atom is 0.431 e. The maximum absolute atomic E-state index is 12.9. The number of amides is 5. The van der Waals surface area contributed by atoms with E-state index in [1.807, 2.05) is 0 Å². The Morgan fingerprint density at radius 3 is 2.76 bits per heavy atom. The lowest BCUT2D eigenvalue weighted by molar-refractivity contribution is -0.136. The van der Waals surface area contributed by atoms with Crippen LogP contribution in [0.3, 0.4) is 0 Å². The molecule has 154 valence electrons. The number of rotatable bonds is 7. The number of anilines is 1. The van der Waals surface area contributed by atoms with Crippen molar-refractivity contribution in [3.8, 4) is 0 Å². The lowest BCUT2D eigenvalue weighted by atomic mass is 10.0. The zero-order valence-corrected chi connectivity index (χ0v) is 15.6. The van der Waals surface area contributed by atoms with E-state index in [9.17, 15) is 24.0 Å². The standard InChI is InChI=1S/C18H20N4O7/c1-2-28-18(27)21-29-9-8-19-11-5-3-4-10-14(11)17(26)22(16(10)25)12-6-7-13(23)20-15(12)24/h3-5,12,19H,2,6-9H2,1H3,(H,21,27)(H,20,23,24). The highest BCUT2D eigenvalue weighted by atomic mass is 16.7. The third-order valence-corrected chi connectivity index (χ3v) is 4.42. The van der Waals surface area contributed by atoms with E-state index in [4.69, 9.17) is 4.84 Å². The normalized spacial score (nSPS) is 18.4. The second-order valence-corrected chi connectivity index (χ2v) is 6.27. The number of fused-ring (bicyclic) bond motifs is 1. The summed E-state index contributed by atoms with van der Waals surface area (Å²) in [5, 5.41) is 5.13. The van der Waals surface area contributed by atoms with Crippen LogP contribution >= 0.6 is 0 Å². The molecular weight excluding hydrogens is 384 g/mol. The summed E-state index contributed by atoms with van der Waals surface area (Å²) in [6.07, 6.45) is -0.569. The summed E-state index contributed by atoms with van der Waals surface area (Å²) in [6, 6.07) is 3.71. The monoisotopic (exact) mass is 404 g/mol. The topological polar surface area (TPSA) is 143 Å². The summed E-state index contributed by atoms with van der Waals surface area (Å²) in [7, 11) is 0. The number of carbonyl (C=O) groups excluding carboxylic acids is 5. The Kier molecular flexibility index (Phi) is 6.07. The van der Waals surface area contributed by atoms with E-state index in [1.54, 1.807) is 19.1 Å². The Hall–Kier alpha value is -3.47. The second kappa shape index (κ2) is 8.69. The number of hydrogen-bond donors (Lipinski definition) is 3. The molecule has 2 aliphatic heterocycles. The van der Waals surface area contributed by atoms with E-state index in [0.717, 1.165) is 4.90 Å². The van der Waals surface area contributed by atoms with Crippen LogP contribution in [0.25, 0.3) is 0 Å². The zero-order valence-electron chi connectivity index (χ0n) is 15.6. The van der Waals surface area contributed by atoms with Crippen molar-refractivity contribution in [1.82, 2.24) is 15.7 Å². The quantitative estimate of drug-likeness (QED) is 0.332. The molecule has 1 saturated heterocycles. The molecule has 2 aliphatic rings. The van der Waals surface area contributed by atoms with Gasteiger partial charge in [0.15, 0.2) is 0 Å². The van der Waals surface area contributed by atoms with Gasteiger partial charge in [0.25, 0.3) is 11.8 Å². The molecule has 2 heterocycles. The summed E-state index contributed by atoms with van der Waals surface area (Å²) in [6.45, 7) is 2.17. The number of nitrogens with one attached hydrogen (secondary N) is 3. The minimum Gasteiger partial charge on any atom is -0.448 e. The number of imide groups is 2. The number of benzene rings is 1. The summed E-state index contributed by atoms with van der Waals surface area (Å²) in [5.41, 5.74) is 2.82. The van der Waals surface area contributed by atoms with Crippen molar-refractivity contribution < 1.29 is 33.5 Å². The van der Waals surface area contributed by atoms with Crippen LogP contribution in [0.15, 0.2) is 18.2 Å². The van der Waals surface area contributed by atoms with E-state index in [-0.39, 0.29) is 43.7 Å². The first-order valence-electron chi connectivity index (χ1n) is 9.07. The molecule has 0 radical (unpaired) electrons. The molecule has 1 atom stereocenters. The summed E-state index contributed by atoms with van der Waals surface area (Å²) in [4.78, 5) is 66.0. The molecule has 0 aromatic heterocycles. The van der Waals surface area contributed by atoms with Gasteiger partial charge in [-0.15, -0.1) is 0 Å². The molecule has 5 amide bonds. The fourth-order valence-corrected chi connectivity index (χ4v) is 3.17. The largest absolute Gasteiger partial charge is 0.448 e. The molecule has 0 aliphatic carbocycles. The van der Waals surface area contributed by atoms with Gasteiger partial charge in [-0.3, -0.25) is 34.2 Å². The molecule has 3 rings (SSSR count). The molecule has 0 saturated carbocycles. The molecule has 0 spiro atoms. The van der Waals surface area contributed by atoms with Crippen LogP contribution in [-0.4, -0.2) is 60.4 Å². The van der Waals surface area contributed by atoms with Crippen LogP contribution in [0.1, 0.15) is 40.5 Å². The molecule has 0 bridgehead atoms. The maximum atomic E-state index is 12.9. The van der Waals surface area contributed by atoms with Crippen molar-refractivity contribution in [3.05, 3.63) is 29.3 Å². The fourth-order valence-electron chi connectivity index (χ4n) is 3.17. The number of ether oxygens (including phenoxy) is 1. The molecule has 1 aromatic carbocycles. The van der Waals surface area contributed by atoms with Gasteiger partial charge in [-0.1, -0.05) is 6.07 Å². The molecule has 3 N–H and O–H groups in total. The Morgan fingerprint density at radius 1 is 1.24 bits per heavy atom. The minimum absolute atomic E-state index is 0.0553. The molecule has 29 heavy (non-hydrogen) atoms. The lowest BCUT2D eigenvalue weighted by Crippen LogP contribution is -2.54. The van der Waals surface area contributed by atoms with Crippen molar-refractivity contribution >= 4 is 35.4 Å². The Labute approximate surface area is 165 Å². The van der Waals surface area contributed by atoms with Crippen molar-refractivity contribution in [1.29, 1.82) is 0 Å². The molecule has 11 heteroatoms. The van der Waals surface area contributed by atoms with E-state index in [0.29, 0.717) is 5.69 Å². The summed E-state index contributed by atoms with van der Waals surface area (Å²) < 4.78 is 4.64. The molecule has 1 fully saturated rings. The van der Waals surface area contributed by atoms with Crippen LogP contribution in [-0.2, 0) is 19.2 Å². The number of nitrogens with zero attached hydrogens (tertiary/aromatic N) is 1. The molecular formula is C18H20N4O7. The Balaban J connectivity index is 1.66. The van der Waals surface area contributed by atoms with Gasteiger partial charge in [0.05, 0.1) is 24.3 Å². The van der Waals surface area contributed by atoms with Crippen molar-refractivity contribution in [2.45, 2.75) is 25.8 Å². The van der Waals surface area contributed by atoms with Crippen molar-refractivity contribution in [2.75, 3.05) is 25.1 Å². The van der Waals surface area contributed by atoms with Crippen molar-refractivity contribution in [2.24, 2.45) is 0 Å². The Bertz CT molecular complexity index is 870. The average Bonchev–Trinajstić information content (AvgIpc) is 2.93. The first-order chi connectivity index (χ1) is 13.9. The van der Waals surface area contributed by atoms with Crippen LogP contribution in [0.5, 0.6) is 0 Å². The smallest absolute Gasteiger partial charge is 0.431 e. The third kappa shape index (κ3) is 4.19. The highest BCUT2D eigenvalue weighted by Crippen LogP contribution is 2.32. The fraction of sp³-hybridized carbons (Fsp3) is 0.389. The van der Waals surface area contributed by atoms with Crippen LogP contribution < -0.4 is 16.1 Å². The first-order valence-corrected chi connectivity index (χ1v) is 9.07. The van der Waals surface area contributed by atoms with Gasteiger partial charge in [-0.2, -0.15) is 5.48 Å². The van der Waals surface area contributed by atoms with Gasteiger partial charge < -0.3 is 10.1 Å². The van der Waals surface area contributed by atoms with Crippen LogP contribution in [0.4, 0.5) is 10.5 Å². The van der Waals surface area contributed by atoms with Gasteiger partial charge in [0.2, 0.25) is 11.8 Å². The molecule has 11 nitrogen and oxygen atoms in total. The van der Waals surface area contributed by atoms with Crippen molar-refractivity contribution in [3.63, 3.8) is 0 Å². The Morgan fingerprint density at radius 2 is 2.03 bits per heavy atom. The molecule has 1 unspecified atom stereocenters. The molecule has 1 aromatic rings. The van der Waals surface area contributed by atoms with Gasteiger partial charge in [0, 0.05) is 18.7 Å². The summed E-state index contributed by atoms with van der Waals surface area (Å²) >= 11 is 0. The summed E-state index contributed by atoms with van der Waals surface area (Å²) in [5.74, 6) is -2.28. The predicted octanol–water partition coefficient (Wildman–Crippen LogP) is 0.177. The van der Waals surface area contributed by atoms with E-state index >= 15 is 0 Å². The number of hydrogen-bond acceptors (Lipinski definition) is 8.